The van der Waals surface area contributed by atoms with Crippen molar-refractivity contribution in [3.05, 3.63) is 0 Å². The van der Waals surface area contributed by atoms with Crippen LogP contribution in [0.1, 0.15) is 122 Å². The van der Waals surface area contributed by atoms with Crippen molar-refractivity contribution >= 4 is 0 Å². The van der Waals surface area contributed by atoms with Crippen LogP contribution >= 0.6 is 0 Å². The molecular weight excluding hydrogens is 488 g/mol. The third-order valence-electron chi connectivity index (χ3n) is 11.1. The molecular formula is C36H72N4. The fourth-order valence-corrected chi connectivity index (χ4v) is 7.88. The average Bonchev–Trinajstić information content (AvgIpc) is 3.49. The Balaban J connectivity index is 0.000000220. The Hall–Kier alpha value is -0.160. The van der Waals surface area contributed by atoms with E-state index >= 15 is 0 Å². The van der Waals surface area contributed by atoms with Gasteiger partial charge in [-0.15, -0.1) is 0 Å². The fraction of sp³-hybridized carbons (Fsp3) is 1.00. The van der Waals surface area contributed by atoms with Gasteiger partial charge in [0.05, 0.1) is 0 Å². The SMILES string of the molecule is CC(C)(C)C1CCN(C[C@@H]2CCN(C(C)(C)C)C2)CC1.CC(C)(C)C1CCN(C[C@@H]2CCN(C(C)(C)C)C2)CC1. The third kappa shape index (κ3) is 10.5. The molecule has 4 fully saturated rings. The van der Waals surface area contributed by atoms with Gasteiger partial charge in [0, 0.05) is 37.3 Å². The smallest absolute Gasteiger partial charge is 0.0125 e. The van der Waals surface area contributed by atoms with Crippen molar-refractivity contribution in [2.45, 2.75) is 133 Å². The van der Waals surface area contributed by atoms with Crippen molar-refractivity contribution in [1.82, 2.24) is 19.6 Å². The summed E-state index contributed by atoms with van der Waals surface area (Å²) >= 11 is 0. The Labute approximate surface area is 252 Å². The zero-order valence-electron chi connectivity index (χ0n) is 29.4. The van der Waals surface area contributed by atoms with Gasteiger partial charge < -0.3 is 9.80 Å². The molecule has 0 aromatic heterocycles. The Morgan fingerprint density at radius 2 is 0.725 bits per heavy atom. The predicted octanol–water partition coefficient (Wildman–Crippen LogP) is 7.73. The molecule has 0 amide bonds. The van der Waals surface area contributed by atoms with Crippen molar-refractivity contribution < 1.29 is 0 Å². The highest BCUT2D eigenvalue weighted by Gasteiger charge is 2.35. The van der Waals surface area contributed by atoms with Crippen molar-refractivity contribution in [3.8, 4) is 0 Å². The summed E-state index contributed by atoms with van der Waals surface area (Å²) in [6, 6.07) is 0. The molecule has 4 saturated heterocycles. The summed E-state index contributed by atoms with van der Waals surface area (Å²) in [6.45, 7) is 41.8. The molecule has 4 rings (SSSR count). The van der Waals surface area contributed by atoms with Gasteiger partial charge in [0.2, 0.25) is 0 Å². The highest BCUT2D eigenvalue weighted by atomic mass is 15.2. The molecule has 0 unspecified atom stereocenters. The van der Waals surface area contributed by atoms with Gasteiger partial charge in [0.1, 0.15) is 0 Å². The molecule has 236 valence electrons. The molecule has 0 saturated carbocycles. The van der Waals surface area contributed by atoms with E-state index < -0.39 is 0 Å². The first-order valence-corrected chi connectivity index (χ1v) is 17.3. The van der Waals surface area contributed by atoms with Gasteiger partial charge in [-0.1, -0.05) is 41.5 Å². The van der Waals surface area contributed by atoms with E-state index in [9.17, 15) is 0 Å². The van der Waals surface area contributed by atoms with E-state index in [1.165, 1.54) is 104 Å². The number of rotatable bonds is 4. The molecule has 4 aliphatic heterocycles. The zero-order valence-corrected chi connectivity index (χ0v) is 29.4. The quantitative estimate of drug-likeness (QED) is 0.349. The molecule has 0 aromatic rings. The topological polar surface area (TPSA) is 13.0 Å². The van der Waals surface area contributed by atoms with Gasteiger partial charge in [-0.05, 0) is 154 Å². The molecule has 2 atom stereocenters. The fourth-order valence-electron chi connectivity index (χ4n) is 7.88. The van der Waals surface area contributed by atoms with Crippen LogP contribution in [0.2, 0.25) is 0 Å². The van der Waals surface area contributed by atoms with E-state index in [1.54, 1.807) is 0 Å². The monoisotopic (exact) mass is 561 g/mol. The Bertz CT molecular complexity index is 669. The van der Waals surface area contributed by atoms with Crippen LogP contribution in [0.25, 0.3) is 0 Å². The summed E-state index contributed by atoms with van der Waals surface area (Å²) in [5, 5.41) is 0. The first-order valence-electron chi connectivity index (χ1n) is 17.3. The minimum Gasteiger partial charge on any atom is -0.303 e. The van der Waals surface area contributed by atoms with Crippen LogP contribution in [0.3, 0.4) is 0 Å². The molecule has 40 heavy (non-hydrogen) atoms. The lowest BCUT2D eigenvalue weighted by Crippen LogP contribution is -2.42. The molecule has 4 nitrogen and oxygen atoms in total. The maximum atomic E-state index is 2.74. The van der Waals surface area contributed by atoms with Gasteiger partial charge in [0.25, 0.3) is 0 Å². The molecule has 4 aliphatic rings. The van der Waals surface area contributed by atoms with Gasteiger partial charge in [-0.3, -0.25) is 9.80 Å². The maximum Gasteiger partial charge on any atom is 0.0125 e. The largest absolute Gasteiger partial charge is 0.303 e. The van der Waals surface area contributed by atoms with E-state index in [2.05, 4.69) is 103 Å². The standard InChI is InChI=1S/2C18H36N2/c2*1-17(2,3)16-8-10-19(11-9-16)13-15-7-12-20(14-15)18(4,5)6/h2*15-16H,7-14H2,1-6H3/t2*15-/m00/s1. The van der Waals surface area contributed by atoms with Crippen molar-refractivity contribution in [1.29, 1.82) is 0 Å². The van der Waals surface area contributed by atoms with Crippen LogP contribution in [0.4, 0.5) is 0 Å². The number of piperidine rings is 2. The summed E-state index contributed by atoms with van der Waals surface area (Å²) < 4.78 is 0. The summed E-state index contributed by atoms with van der Waals surface area (Å²) in [7, 11) is 0. The molecule has 0 N–H and O–H groups in total. The number of hydrogen-bond acceptors (Lipinski definition) is 4. The number of hydrogen-bond donors (Lipinski definition) is 0. The molecule has 4 heterocycles. The van der Waals surface area contributed by atoms with Crippen LogP contribution in [0.15, 0.2) is 0 Å². The minimum atomic E-state index is 0.355. The average molecular weight is 561 g/mol. The first kappa shape index (κ1) is 34.3. The van der Waals surface area contributed by atoms with Crippen LogP contribution < -0.4 is 0 Å². The van der Waals surface area contributed by atoms with E-state index in [-0.39, 0.29) is 0 Å². The van der Waals surface area contributed by atoms with Gasteiger partial charge in [-0.2, -0.15) is 0 Å². The lowest BCUT2D eigenvalue weighted by molar-refractivity contribution is 0.0979. The van der Waals surface area contributed by atoms with Crippen LogP contribution in [0.5, 0.6) is 0 Å². The second kappa shape index (κ2) is 13.6. The summed E-state index contributed by atoms with van der Waals surface area (Å²) in [5.41, 5.74) is 1.72. The highest BCUT2D eigenvalue weighted by Crippen LogP contribution is 2.36. The molecule has 0 radical (unpaired) electrons. The Morgan fingerprint density at radius 3 is 0.950 bits per heavy atom. The molecule has 0 aliphatic carbocycles. The van der Waals surface area contributed by atoms with Crippen LogP contribution in [-0.4, -0.2) is 96.1 Å². The lowest BCUT2D eigenvalue weighted by Gasteiger charge is -2.39. The second-order valence-electron chi connectivity index (χ2n) is 18.4. The van der Waals surface area contributed by atoms with Crippen molar-refractivity contribution in [3.63, 3.8) is 0 Å². The Morgan fingerprint density at radius 1 is 0.425 bits per heavy atom. The number of likely N-dealkylation sites (tertiary alicyclic amines) is 4. The lowest BCUT2D eigenvalue weighted by atomic mass is 9.75. The molecule has 0 bridgehead atoms. The zero-order chi connectivity index (χ0) is 29.9. The third-order valence-corrected chi connectivity index (χ3v) is 11.1. The van der Waals surface area contributed by atoms with E-state index in [1.807, 2.05) is 0 Å². The van der Waals surface area contributed by atoms with Crippen LogP contribution in [0, 0.1) is 34.5 Å². The van der Waals surface area contributed by atoms with E-state index in [0.29, 0.717) is 21.9 Å². The van der Waals surface area contributed by atoms with Crippen molar-refractivity contribution in [2.24, 2.45) is 34.5 Å². The van der Waals surface area contributed by atoms with Gasteiger partial charge >= 0.3 is 0 Å². The highest BCUT2D eigenvalue weighted by molar-refractivity contribution is 4.89. The van der Waals surface area contributed by atoms with Crippen molar-refractivity contribution in [2.75, 3.05) is 65.4 Å². The number of nitrogens with zero attached hydrogens (tertiary/aromatic N) is 4. The van der Waals surface area contributed by atoms with E-state index in [4.69, 9.17) is 0 Å². The minimum absolute atomic E-state index is 0.355. The Kier molecular flexibility index (Phi) is 11.7. The van der Waals surface area contributed by atoms with Crippen LogP contribution in [-0.2, 0) is 0 Å². The van der Waals surface area contributed by atoms with E-state index in [0.717, 1.165) is 23.7 Å². The molecule has 0 spiro atoms. The second-order valence-corrected chi connectivity index (χ2v) is 18.4. The summed E-state index contributed by atoms with van der Waals surface area (Å²) in [5.74, 6) is 3.66. The first-order chi connectivity index (χ1) is 18.3. The summed E-state index contributed by atoms with van der Waals surface area (Å²) in [6.07, 6.45) is 8.41. The van der Waals surface area contributed by atoms with Gasteiger partial charge in [0.15, 0.2) is 0 Å². The molecule has 0 aromatic carbocycles. The summed E-state index contributed by atoms with van der Waals surface area (Å²) in [4.78, 5) is 10.8. The molecule has 4 heteroatoms. The predicted molar refractivity (Wildman–Crippen MR) is 176 cm³/mol. The maximum absolute atomic E-state index is 2.74. The normalized spacial score (nSPS) is 28.2. The van der Waals surface area contributed by atoms with Gasteiger partial charge in [-0.25, -0.2) is 0 Å².